The first-order valence-corrected chi connectivity index (χ1v) is 6.18. The summed E-state index contributed by atoms with van der Waals surface area (Å²) in [6.45, 7) is 4.55. The van der Waals surface area contributed by atoms with Gasteiger partial charge in [-0.15, -0.1) is 0 Å². The van der Waals surface area contributed by atoms with E-state index < -0.39 is 0 Å². The highest BCUT2D eigenvalue weighted by Crippen LogP contribution is 2.04. The Kier molecular flexibility index (Phi) is 6.39. The molecule has 0 spiro atoms. The SMILES string of the molecule is CC(CO)NCC(C)C(=O)OCc1ccccc1. The second-order valence-corrected chi connectivity index (χ2v) is 4.49. The van der Waals surface area contributed by atoms with Gasteiger partial charge in [-0.05, 0) is 12.5 Å². The fraction of sp³-hybridized carbons (Fsp3) is 0.500. The molecule has 4 nitrogen and oxygen atoms in total. The molecular formula is C14H21NO3. The second-order valence-electron chi connectivity index (χ2n) is 4.49. The lowest BCUT2D eigenvalue weighted by atomic mass is 10.1. The Morgan fingerprint density at radius 2 is 2.00 bits per heavy atom. The van der Waals surface area contributed by atoms with Crippen LogP contribution in [0.5, 0.6) is 0 Å². The Labute approximate surface area is 108 Å². The highest BCUT2D eigenvalue weighted by Gasteiger charge is 2.15. The number of nitrogens with one attached hydrogen (secondary N) is 1. The van der Waals surface area contributed by atoms with Crippen LogP contribution in [0.1, 0.15) is 19.4 Å². The third-order valence-corrected chi connectivity index (χ3v) is 2.67. The van der Waals surface area contributed by atoms with Crippen LogP contribution in [0.2, 0.25) is 0 Å². The first-order chi connectivity index (χ1) is 8.63. The Balaban J connectivity index is 2.28. The zero-order chi connectivity index (χ0) is 13.4. The zero-order valence-corrected chi connectivity index (χ0v) is 10.9. The number of benzene rings is 1. The first-order valence-electron chi connectivity index (χ1n) is 6.18. The van der Waals surface area contributed by atoms with Crippen LogP contribution in [0.15, 0.2) is 30.3 Å². The van der Waals surface area contributed by atoms with Crippen LogP contribution in [0, 0.1) is 5.92 Å². The number of aliphatic hydroxyl groups is 1. The van der Waals surface area contributed by atoms with Crippen LogP contribution >= 0.6 is 0 Å². The monoisotopic (exact) mass is 251 g/mol. The number of aliphatic hydroxyl groups excluding tert-OH is 1. The maximum absolute atomic E-state index is 11.7. The molecule has 0 amide bonds. The van der Waals surface area contributed by atoms with Crippen molar-refractivity contribution in [3.05, 3.63) is 35.9 Å². The Hall–Kier alpha value is -1.39. The summed E-state index contributed by atoms with van der Waals surface area (Å²) in [5.41, 5.74) is 0.981. The number of carbonyl (C=O) groups excluding carboxylic acids is 1. The van der Waals surface area contributed by atoms with Gasteiger partial charge in [-0.3, -0.25) is 4.79 Å². The first kappa shape index (κ1) is 14.7. The molecule has 4 heteroatoms. The molecule has 0 heterocycles. The fourth-order valence-electron chi connectivity index (χ4n) is 1.40. The quantitative estimate of drug-likeness (QED) is 0.718. The van der Waals surface area contributed by atoms with Crippen molar-refractivity contribution in [3.8, 4) is 0 Å². The highest BCUT2D eigenvalue weighted by atomic mass is 16.5. The van der Waals surface area contributed by atoms with E-state index in [9.17, 15) is 4.79 Å². The van der Waals surface area contributed by atoms with E-state index in [-0.39, 0.29) is 24.5 Å². The molecule has 2 unspecified atom stereocenters. The fourth-order valence-corrected chi connectivity index (χ4v) is 1.40. The summed E-state index contributed by atoms with van der Waals surface area (Å²) < 4.78 is 5.21. The van der Waals surface area contributed by atoms with E-state index in [1.165, 1.54) is 0 Å². The Morgan fingerprint density at radius 3 is 2.61 bits per heavy atom. The van der Waals surface area contributed by atoms with Crippen molar-refractivity contribution < 1.29 is 14.6 Å². The van der Waals surface area contributed by atoms with Gasteiger partial charge in [0.25, 0.3) is 0 Å². The summed E-state index contributed by atoms with van der Waals surface area (Å²) in [7, 11) is 0. The molecule has 2 N–H and O–H groups in total. The van der Waals surface area contributed by atoms with Gasteiger partial charge in [0.15, 0.2) is 0 Å². The van der Waals surface area contributed by atoms with Gasteiger partial charge in [-0.1, -0.05) is 37.3 Å². The maximum Gasteiger partial charge on any atom is 0.310 e. The van der Waals surface area contributed by atoms with E-state index in [1.807, 2.05) is 44.2 Å². The van der Waals surface area contributed by atoms with E-state index in [0.717, 1.165) is 5.56 Å². The van der Waals surface area contributed by atoms with Gasteiger partial charge in [0, 0.05) is 12.6 Å². The molecule has 1 aromatic rings. The summed E-state index contributed by atoms with van der Waals surface area (Å²) in [6, 6.07) is 9.59. The van der Waals surface area contributed by atoms with Gasteiger partial charge in [0.05, 0.1) is 12.5 Å². The summed E-state index contributed by atoms with van der Waals surface area (Å²) >= 11 is 0. The van der Waals surface area contributed by atoms with Crippen molar-refractivity contribution >= 4 is 5.97 Å². The number of carbonyl (C=O) groups is 1. The number of ether oxygens (including phenoxy) is 1. The molecule has 0 aliphatic carbocycles. The van der Waals surface area contributed by atoms with E-state index in [4.69, 9.17) is 9.84 Å². The number of esters is 1. The van der Waals surface area contributed by atoms with Gasteiger partial charge >= 0.3 is 5.97 Å². The third kappa shape index (κ3) is 5.29. The predicted octanol–water partition coefficient (Wildman–Crippen LogP) is 1.34. The predicted molar refractivity (Wildman–Crippen MR) is 70.0 cm³/mol. The number of rotatable bonds is 7. The molecule has 0 radical (unpaired) electrons. The van der Waals surface area contributed by atoms with E-state index >= 15 is 0 Å². The second kappa shape index (κ2) is 7.84. The normalized spacial score (nSPS) is 13.9. The lowest BCUT2D eigenvalue weighted by Gasteiger charge is -2.15. The van der Waals surface area contributed by atoms with Crippen LogP contribution in [0.25, 0.3) is 0 Å². The molecule has 0 aliphatic rings. The molecule has 0 bridgehead atoms. The molecule has 0 fully saturated rings. The summed E-state index contributed by atoms with van der Waals surface area (Å²) in [5, 5.41) is 11.9. The number of hydrogen-bond acceptors (Lipinski definition) is 4. The van der Waals surface area contributed by atoms with Gasteiger partial charge in [0.1, 0.15) is 6.61 Å². The molecule has 1 rings (SSSR count). The average molecular weight is 251 g/mol. The largest absolute Gasteiger partial charge is 0.461 e. The smallest absolute Gasteiger partial charge is 0.310 e. The van der Waals surface area contributed by atoms with Crippen molar-refractivity contribution in [2.75, 3.05) is 13.2 Å². The van der Waals surface area contributed by atoms with Crippen molar-refractivity contribution in [2.45, 2.75) is 26.5 Å². The van der Waals surface area contributed by atoms with E-state index in [2.05, 4.69) is 5.32 Å². The minimum absolute atomic E-state index is 0.00521. The molecule has 0 saturated carbocycles. The zero-order valence-electron chi connectivity index (χ0n) is 10.9. The van der Waals surface area contributed by atoms with Crippen molar-refractivity contribution in [1.29, 1.82) is 0 Å². The van der Waals surface area contributed by atoms with Crippen LogP contribution in [0.3, 0.4) is 0 Å². The van der Waals surface area contributed by atoms with Gasteiger partial charge in [0.2, 0.25) is 0 Å². The topological polar surface area (TPSA) is 58.6 Å². The van der Waals surface area contributed by atoms with E-state index in [1.54, 1.807) is 0 Å². The summed E-state index contributed by atoms with van der Waals surface area (Å²) in [6.07, 6.45) is 0. The van der Waals surface area contributed by atoms with Crippen molar-refractivity contribution in [3.63, 3.8) is 0 Å². The van der Waals surface area contributed by atoms with Crippen LogP contribution < -0.4 is 5.32 Å². The third-order valence-electron chi connectivity index (χ3n) is 2.67. The Bertz CT molecular complexity index is 353. The van der Waals surface area contributed by atoms with E-state index in [0.29, 0.717) is 13.2 Å². The molecule has 0 saturated heterocycles. The lowest BCUT2D eigenvalue weighted by Crippen LogP contribution is -2.35. The molecule has 0 aromatic heterocycles. The molecule has 2 atom stereocenters. The summed E-state index contributed by atoms with van der Waals surface area (Å²) in [5.74, 6) is -0.445. The van der Waals surface area contributed by atoms with Gasteiger partial charge < -0.3 is 15.2 Å². The summed E-state index contributed by atoms with van der Waals surface area (Å²) in [4.78, 5) is 11.7. The van der Waals surface area contributed by atoms with Crippen LogP contribution in [0.4, 0.5) is 0 Å². The molecule has 0 aliphatic heterocycles. The minimum Gasteiger partial charge on any atom is -0.461 e. The molecular weight excluding hydrogens is 230 g/mol. The van der Waals surface area contributed by atoms with Crippen molar-refractivity contribution in [1.82, 2.24) is 5.32 Å². The average Bonchev–Trinajstić information content (AvgIpc) is 2.42. The van der Waals surface area contributed by atoms with Crippen molar-refractivity contribution in [2.24, 2.45) is 5.92 Å². The molecule has 18 heavy (non-hydrogen) atoms. The van der Waals surface area contributed by atoms with Gasteiger partial charge in [-0.25, -0.2) is 0 Å². The molecule has 1 aromatic carbocycles. The standard InChI is InChI=1S/C14H21NO3/c1-11(8-15-12(2)9-16)14(17)18-10-13-6-4-3-5-7-13/h3-7,11-12,15-16H,8-10H2,1-2H3. The molecule has 100 valence electrons. The van der Waals surface area contributed by atoms with Crippen LogP contribution in [-0.4, -0.2) is 30.3 Å². The Morgan fingerprint density at radius 1 is 1.33 bits per heavy atom. The minimum atomic E-state index is -0.225. The maximum atomic E-state index is 11.7. The number of hydrogen-bond donors (Lipinski definition) is 2. The van der Waals surface area contributed by atoms with Gasteiger partial charge in [-0.2, -0.15) is 0 Å². The lowest BCUT2D eigenvalue weighted by molar-refractivity contribution is -0.149. The highest BCUT2D eigenvalue weighted by molar-refractivity contribution is 5.72. The van der Waals surface area contributed by atoms with Crippen LogP contribution in [-0.2, 0) is 16.1 Å².